The van der Waals surface area contributed by atoms with E-state index >= 15 is 0 Å². The normalized spacial score (nSPS) is 10.6. The zero-order valence-electron chi connectivity index (χ0n) is 6.24. The summed E-state index contributed by atoms with van der Waals surface area (Å²) in [6, 6.07) is 4.06. The Morgan fingerprint density at radius 3 is 3.18 bits per heavy atom. The predicted octanol–water partition coefficient (Wildman–Crippen LogP) is 2.25. The van der Waals surface area contributed by atoms with Crippen molar-refractivity contribution in [2.75, 3.05) is 0 Å². The monoisotopic (exact) mass is 164 g/mol. The standard InChI is InChI=1S/C8H8N2S/c1-2-6-3-4-7-8(10-6)11-5-9-7/h3-5H,2H2,1H3. The van der Waals surface area contributed by atoms with Gasteiger partial charge in [0, 0.05) is 5.69 Å². The van der Waals surface area contributed by atoms with Crippen LogP contribution >= 0.6 is 11.3 Å². The molecule has 0 radical (unpaired) electrons. The lowest BCUT2D eigenvalue weighted by atomic mass is 10.3. The second-order valence-electron chi connectivity index (χ2n) is 2.33. The highest BCUT2D eigenvalue weighted by molar-refractivity contribution is 7.16. The van der Waals surface area contributed by atoms with Crippen molar-refractivity contribution in [3.8, 4) is 0 Å². The molecular formula is C8H8N2S. The van der Waals surface area contributed by atoms with E-state index in [1.165, 1.54) is 0 Å². The van der Waals surface area contributed by atoms with Crippen LogP contribution in [0.1, 0.15) is 12.6 Å². The number of pyridine rings is 1. The molecule has 2 aromatic rings. The Hall–Kier alpha value is -0.960. The van der Waals surface area contributed by atoms with E-state index in [1.54, 1.807) is 11.3 Å². The molecule has 2 nitrogen and oxygen atoms in total. The van der Waals surface area contributed by atoms with Crippen LogP contribution in [0.15, 0.2) is 17.6 Å². The summed E-state index contributed by atoms with van der Waals surface area (Å²) in [6.45, 7) is 2.11. The maximum atomic E-state index is 4.41. The van der Waals surface area contributed by atoms with Crippen molar-refractivity contribution in [3.05, 3.63) is 23.3 Å². The summed E-state index contributed by atoms with van der Waals surface area (Å²) in [5, 5.41) is 0. The van der Waals surface area contributed by atoms with Crippen molar-refractivity contribution in [2.24, 2.45) is 0 Å². The average Bonchev–Trinajstić information content (AvgIpc) is 2.50. The summed E-state index contributed by atoms with van der Waals surface area (Å²) in [4.78, 5) is 9.61. The molecular weight excluding hydrogens is 156 g/mol. The zero-order valence-corrected chi connectivity index (χ0v) is 7.06. The molecule has 11 heavy (non-hydrogen) atoms. The average molecular weight is 164 g/mol. The first kappa shape index (κ1) is 6.73. The molecule has 0 aliphatic rings. The number of hydrogen-bond acceptors (Lipinski definition) is 3. The van der Waals surface area contributed by atoms with E-state index in [1.807, 2.05) is 17.6 Å². The van der Waals surface area contributed by atoms with Gasteiger partial charge in [0.15, 0.2) is 0 Å². The fourth-order valence-corrected chi connectivity index (χ4v) is 1.66. The van der Waals surface area contributed by atoms with Crippen molar-refractivity contribution >= 4 is 21.7 Å². The Balaban J connectivity index is 2.67. The number of aryl methyl sites for hydroxylation is 1. The summed E-state index contributed by atoms with van der Waals surface area (Å²) in [7, 11) is 0. The summed E-state index contributed by atoms with van der Waals surface area (Å²) in [5.41, 5.74) is 3.98. The first-order chi connectivity index (χ1) is 5.40. The van der Waals surface area contributed by atoms with Gasteiger partial charge in [0.25, 0.3) is 0 Å². The molecule has 2 rings (SSSR count). The molecule has 0 bridgehead atoms. The van der Waals surface area contributed by atoms with Crippen molar-refractivity contribution < 1.29 is 0 Å². The highest BCUT2D eigenvalue weighted by atomic mass is 32.1. The van der Waals surface area contributed by atoms with Crippen molar-refractivity contribution in [2.45, 2.75) is 13.3 Å². The van der Waals surface area contributed by atoms with Gasteiger partial charge in [-0.1, -0.05) is 6.92 Å². The Kier molecular flexibility index (Phi) is 1.58. The van der Waals surface area contributed by atoms with Gasteiger partial charge in [0.05, 0.1) is 11.0 Å². The molecule has 0 unspecified atom stereocenters. The van der Waals surface area contributed by atoms with Gasteiger partial charge in [-0.25, -0.2) is 9.97 Å². The molecule has 0 amide bonds. The van der Waals surface area contributed by atoms with E-state index in [0.717, 1.165) is 22.5 Å². The number of aromatic nitrogens is 2. The van der Waals surface area contributed by atoms with E-state index in [0.29, 0.717) is 0 Å². The quantitative estimate of drug-likeness (QED) is 0.646. The maximum Gasteiger partial charge on any atom is 0.143 e. The summed E-state index contributed by atoms with van der Waals surface area (Å²) < 4.78 is 0. The number of thiazole rings is 1. The predicted molar refractivity (Wildman–Crippen MR) is 46.8 cm³/mol. The third-order valence-corrected chi connectivity index (χ3v) is 2.35. The van der Waals surface area contributed by atoms with Gasteiger partial charge in [-0.3, -0.25) is 0 Å². The SMILES string of the molecule is CCc1ccc2ncsc2n1. The fraction of sp³-hybridized carbons (Fsp3) is 0.250. The lowest BCUT2D eigenvalue weighted by molar-refractivity contribution is 1.06. The van der Waals surface area contributed by atoms with Crippen LogP contribution in [0, 0.1) is 0 Å². The van der Waals surface area contributed by atoms with Gasteiger partial charge >= 0.3 is 0 Å². The summed E-state index contributed by atoms with van der Waals surface area (Å²) >= 11 is 1.59. The second kappa shape index (κ2) is 2.58. The van der Waals surface area contributed by atoms with E-state index in [2.05, 4.69) is 16.9 Å². The third-order valence-electron chi connectivity index (χ3n) is 1.62. The minimum absolute atomic E-state index is 0.994. The molecule has 0 saturated heterocycles. The summed E-state index contributed by atoms with van der Waals surface area (Å²) in [6.07, 6.45) is 0.994. The number of rotatable bonds is 1. The fourth-order valence-electron chi connectivity index (χ4n) is 0.986. The van der Waals surface area contributed by atoms with Gasteiger partial charge in [0.1, 0.15) is 4.83 Å². The molecule has 0 aromatic carbocycles. The van der Waals surface area contributed by atoms with Crippen molar-refractivity contribution in [3.63, 3.8) is 0 Å². The van der Waals surface area contributed by atoms with Crippen LogP contribution in [0.5, 0.6) is 0 Å². The smallest absolute Gasteiger partial charge is 0.143 e. The van der Waals surface area contributed by atoms with E-state index < -0.39 is 0 Å². The number of nitrogens with zero attached hydrogens (tertiary/aromatic N) is 2. The van der Waals surface area contributed by atoms with E-state index in [9.17, 15) is 0 Å². The second-order valence-corrected chi connectivity index (χ2v) is 3.17. The van der Waals surface area contributed by atoms with Crippen LogP contribution < -0.4 is 0 Å². The van der Waals surface area contributed by atoms with Gasteiger partial charge in [-0.15, -0.1) is 11.3 Å². The minimum Gasteiger partial charge on any atom is -0.243 e. The molecule has 0 atom stereocenters. The van der Waals surface area contributed by atoms with Gasteiger partial charge in [0.2, 0.25) is 0 Å². The van der Waals surface area contributed by atoms with E-state index in [4.69, 9.17) is 0 Å². The highest BCUT2D eigenvalue weighted by Gasteiger charge is 1.97. The Morgan fingerprint density at radius 2 is 2.36 bits per heavy atom. The van der Waals surface area contributed by atoms with Crippen LogP contribution in [-0.2, 0) is 6.42 Å². The van der Waals surface area contributed by atoms with Crippen LogP contribution in [-0.4, -0.2) is 9.97 Å². The lowest BCUT2D eigenvalue weighted by Crippen LogP contribution is -1.84. The molecule has 56 valence electrons. The van der Waals surface area contributed by atoms with Crippen LogP contribution in [0.2, 0.25) is 0 Å². The topological polar surface area (TPSA) is 25.8 Å². The van der Waals surface area contributed by atoms with Crippen molar-refractivity contribution in [1.29, 1.82) is 0 Å². The lowest BCUT2D eigenvalue weighted by Gasteiger charge is -1.92. The molecule has 0 spiro atoms. The molecule has 0 aliphatic carbocycles. The van der Waals surface area contributed by atoms with Gasteiger partial charge in [-0.05, 0) is 18.6 Å². The highest BCUT2D eigenvalue weighted by Crippen LogP contribution is 2.15. The molecule has 3 heteroatoms. The third kappa shape index (κ3) is 1.12. The van der Waals surface area contributed by atoms with E-state index in [-0.39, 0.29) is 0 Å². The first-order valence-electron chi connectivity index (χ1n) is 3.59. The first-order valence-corrected chi connectivity index (χ1v) is 4.47. The molecule has 0 fully saturated rings. The zero-order chi connectivity index (χ0) is 7.68. The largest absolute Gasteiger partial charge is 0.243 e. The minimum atomic E-state index is 0.994. The van der Waals surface area contributed by atoms with Crippen LogP contribution in [0.4, 0.5) is 0 Å². The molecule has 2 heterocycles. The number of hydrogen-bond donors (Lipinski definition) is 0. The molecule has 2 aromatic heterocycles. The molecule has 0 N–H and O–H groups in total. The summed E-state index contributed by atoms with van der Waals surface area (Å²) in [5.74, 6) is 0. The molecule has 0 saturated carbocycles. The van der Waals surface area contributed by atoms with Crippen molar-refractivity contribution in [1.82, 2.24) is 9.97 Å². The van der Waals surface area contributed by atoms with Gasteiger partial charge in [-0.2, -0.15) is 0 Å². The molecule has 0 aliphatic heterocycles. The Labute approximate surface area is 68.9 Å². The van der Waals surface area contributed by atoms with Gasteiger partial charge < -0.3 is 0 Å². The van der Waals surface area contributed by atoms with Crippen LogP contribution in [0.3, 0.4) is 0 Å². The van der Waals surface area contributed by atoms with Crippen LogP contribution in [0.25, 0.3) is 10.3 Å². The Morgan fingerprint density at radius 1 is 1.45 bits per heavy atom. The number of fused-ring (bicyclic) bond motifs is 1. The Bertz CT molecular complexity index is 367. The maximum absolute atomic E-state index is 4.41.